The summed E-state index contributed by atoms with van der Waals surface area (Å²) in [6.45, 7) is 4.11. The molecule has 0 amide bonds. The topological polar surface area (TPSA) is 34.3 Å². The molecule has 1 aliphatic heterocycles. The first-order valence-corrected chi connectivity index (χ1v) is 3.56. The van der Waals surface area contributed by atoms with Crippen molar-refractivity contribution in [1.29, 1.82) is 0 Å². The molecule has 1 saturated heterocycles. The Labute approximate surface area is 56.3 Å². The number of aliphatic hydroxyl groups is 1. The van der Waals surface area contributed by atoms with Crippen molar-refractivity contribution in [3.05, 3.63) is 0 Å². The lowest BCUT2D eigenvalue weighted by Crippen LogP contribution is -2.39. The minimum absolute atomic E-state index is 0.104. The third kappa shape index (κ3) is 1.95. The Morgan fingerprint density at radius 2 is 1.67 bits per heavy atom. The zero-order chi connectivity index (χ0) is 6.85. The molecule has 0 bridgehead atoms. The average molecular weight is 128 g/mol. The maximum Gasteiger partial charge on any atom is 0.0571 e. The standard InChI is InChI=1S/C7H14NO/c1-5-3-7(9)4-6(2)8-5/h5-7,9H,3-4H2,1-2H3. The molecule has 2 atom stereocenters. The first-order chi connectivity index (χ1) is 4.18. The van der Waals surface area contributed by atoms with Gasteiger partial charge in [0.1, 0.15) is 0 Å². The highest BCUT2D eigenvalue weighted by Gasteiger charge is 2.21. The van der Waals surface area contributed by atoms with E-state index in [1.54, 1.807) is 0 Å². The van der Waals surface area contributed by atoms with E-state index < -0.39 is 0 Å². The summed E-state index contributed by atoms with van der Waals surface area (Å²) in [6, 6.07) is 0.729. The van der Waals surface area contributed by atoms with E-state index in [9.17, 15) is 5.11 Å². The van der Waals surface area contributed by atoms with Crippen molar-refractivity contribution in [2.45, 2.75) is 44.9 Å². The molecule has 2 nitrogen and oxygen atoms in total. The van der Waals surface area contributed by atoms with Crippen molar-refractivity contribution in [2.75, 3.05) is 0 Å². The highest BCUT2D eigenvalue weighted by molar-refractivity contribution is 4.79. The molecule has 0 saturated carbocycles. The Hall–Kier alpha value is -0.0800. The van der Waals surface area contributed by atoms with Crippen LogP contribution in [0.5, 0.6) is 0 Å². The summed E-state index contributed by atoms with van der Waals surface area (Å²) >= 11 is 0. The second kappa shape index (κ2) is 2.67. The van der Waals surface area contributed by atoms with Crippen LogP contribution in [0, 0.1) is 0 Å². The van der Waals surface area contributed by atoms with Gasteiger partial charge in [-0.05, 0) is 26.7 Å². The maximum absolute atomic E-state index is 9.19. The lowest BCUT2D eigenvalue weighted by atomic mass is 9.98. The van der Waals surface area contributed by atoms with Crippen LogP contribution in [0.2, 0.25) is 0 Å². The summed E-state index contributed by atoms with van der Waals surface area (Å²) < 4.78 is 0. The number of hydrogen-bond donors (Lipinski definition) is 1. The number of rotatable bonds is 0. The van der Waals surface area contributed by atoms with Crippen LogP contribution < -0.4 is 5.32 Å². The van der Waals surface area contributed by atoms with E-state index >= 15 is 0 Å². The lowest BCUT2D eigenvalue weighted by Gasteiger charge is -2.27. The Balaban J connectivity index is 2.34. The SMILES string of the molecule is CC1CC(O)CC(C)[N]1. The summed E-state index contributed by atoms with van der Waals surface area (Å²) in [6.07, 6.45) is 1.60. The zero-order valence-electron chi connectivity index (χ0n) is 6.04. The molecule has 0 aliphatic carbocycles. The molecular weight excluding hydrogens is 114 g/mol. The Morgan fingerprint density at radius 1 is 1.22 bits per heavy atom. The van der Waals surface area contributed by atoms with E-state index in [-0.39, 0.29) is 6.10 Å². The molecule has 53 valence electrons. The molecule has 0 aromatic heterocycles. The van der Waals surface area contributed by atoms with Gasteiger partial charge in [0.05, 0.1) is 6.10 Å². The van der Waals surface area contributed by atoms with Gasteiger partial charge < -0.3 is 5.11 Å². The van der Waals surface area contributed by atoms with Crippen molar-refractivity contribution >= 4 is 0 Å². The van der Waals surface area contributed by atoms with E-state index in [2.05, 4.69) is 19.2 Å². The van der Waals surface area contributed by atoms with Crippen molar-refractivity contribution in [1.82, 2.24) is 5.32 Å². The van der Waals surface area contributed by atoms with Crippen LogP contribution in [-0.4, -0.2) is 23.3 Å². The summed E-state index contributed by atoms with van der Waals surface area (Å²) in [5, 5.41) is 13.6. The molecule has 9 heavy (non-hydrogen) atoms. The predicted molar refractivity (Wildman–Crippen MR) is 36.3 cm³/mol. The van der Waals surface area contributed by atoms with Crippen LogP contribution in [0.1, 0.15) is 26.7 Å². The number of hydrogen-bond acceptors (Lipinski definition) is 1. The minimum atomic E-state index is -0.104. The van der Waals surface area contributed by atoms with Crippen LogP contribution in [0.15, 0.2) is 0 Å². The van der Waals surface area contributed by atoms with Crippen LogP contribution >= 0.6 is 0 Å². The Bertz CT molecular complexity index is 69.9. The Kier molecular flexibility index (Phi) is 2.09. The summed E-state index contributed by atoms with van der Waals surface area (Å²) in [5.41, 5.74) is 0. The molecule has 2 unspecified atom stereocenters. The van der Waals surface area contributed by atoms with Gasteiger partial charge in [0.2, 0.25) is 0 Å². The van der Waals surface area contributed by atoms with Crippen molar-refractivity contribution in [2.24, 2.45) is 0 Å². The minimum Gasteiger partial charge on any atom is -0.393 e. The molecule has 1 N–H and O–H groups in total. The smallest absolute Gasteiger partial charge is 0.0571 e. The van der Waals surface area contributed by atoms with Crippen LogP contribution in [0.3, 0.4) is 0 Å². The van der Waals surface area contributed by atoms with Gasteiger partial charge in [-0.1, -0.05) is 0 Å². The van der Waals surface area contributed by atoms with Gasteiger partial charge in [-0.3, -0.25) is 0 Å². The monoisotopic (exact) mass is 128 g/mol. The number of nitrogens with zero attached hydrogens (tertiary/aromatic N) is 1. The molecular formula is C7H14NO. The molecule has 0 spiro atoms. The first-order valence-electron chi connectivity index (χ1n) is 3.56. The molecule has 1 aliphatic rings. The summed E-state index contributed by atoms with van der Waals surface area (Å²) in [7, 11) is 0. The fourth-order valence-corrected chi connectivity index (χ4v) is 1.44. The van der Waals surface area contributed by atoms with E-state index in [0.717, 1.165) is 12.8 Å². The van der Waals surface area contributed by atoms with Crippen LogP contribution in [-0.2, 0) is 0 Å². The highest BCUT2D eigenvalue weighted by atomic mass is 16.3. The summed E-state index contributed by atoms with van der Waals surface area (Å²) in [5.74, 6) is 0. The van der Waals surface area contributed by atoms with E-state index in [0.29, 0.717) is 12.1 Å². The molecule has 2 heteroatoms. The molecule has 1 rings (SSSR count). The average Bonchev–Trinajstić information content (AvgIpc) is 1.59. The zero-order valence-corrected chi connectivity index (χ0v) is 6.04. The lowest BCUT2D eigenvalue weighted by molar-refractivity contribution is 0.0996. The van der Waals surface area contributed by atoms with Gasteiger partial charge >= 0.3 is 0 Å². The third-order valence-electron chi connectivity index (χ3n) is 1.74. The molecule has 0 aromatic carbocycles. The van der Waals surface area contributed by atoms with Gasteiger partial charge in [0.25, 0.3) is 0 Å². The second-order valence-electron chi connectivity index (χ2n) is 2.97. The van der Waals surface area contributed by atoms with Crippen LogP contribution in [0.25, 0.3) is 0 Å². The van der Waals surface area contributed by atoms with Crippen LogP contribution in [0.4, 0.5) is 0 Å². The summed E-state index contributed by atoms with van der Waals surface area (Å²) in [4.78, 5) is 0. The predicted octanol–water partition coefficient (Wildman–Crippen LogP) is 0.522. The van der Waals surface area contributed by atoms with Crippen molar-refractivity contribution in [3.63, 3.8) is 0 Å². The second-order valence-corrected chi connectivity index (χ2v) is 2.97. The molecule has 1 heterocycles. The molecule has 1 radical (unpaired) electrons. The highest BCUT2D eigenvalue weighted by Crippen LogP contribution is 2.13. The van der Waals surface area contributed by atoms with Crippen molar-refractivity contribution < 1.29 is 5.11 Å². The van der Waals surface area contributed by atoms with Gasteiger partial charge in [-0.25, -0.2) is 5.32 Å². The van der Waals surface area contributed by atoms with Crippen molar-refractivity contribution in [3.8, 4) is 0 Å². The van der Waals surface area contributed by atoms with Gasteiger partial charge in [0, 0.05) is 12.1 Å². The van der Waals surface area contributed by atoms with E-state index in [1.807, 2.05) is 0 Å². The van der Waals surface area contributed by atoms with Gasteiger partial charge in [-0.15, -0.1) is 0 Å². The number of piperidine rings is 1. The molecule has 1 fully saturated rings. The molecule has 0 aromatic rings. The quantitative estimate of drug-likeness (QED) is 0.507. The fourth-order valence-electron chi connectivity index (χ4n) is 1.44. The maximum atomic E-state index is 9.19. The fraction of sp³-hybridized carbons (Fsp3) is 1.00. The van der Waals surface area contributed by atoms with E-state index in [4.69, 9.17) is 0 Å². The third-order valence-corrected chi connectivity index (χ3v) is 1.74. The van der Waals surface area contributed by atoms with Gasteiger partial charge in [-0.2, -0.15) is 0 Å². The Morgan fingerprint density at radius 3 is 2.00 bits per heavy atom. The van der Waals surface area contributed by atoms with Gasteiger partial charge in [0.15, 0.2) is 0 Å². The number of aliphatic hydroxyl groups excluding tert-OH is 1. The van der Waals surface area contributed by atoms with E-state index in [1.165, 1.54) is 0 Å². The largest absolute Gasteiger partial charge is 0.393 e. The first kappa shape index (κ1) is 7.03. The normalized spacial score (nSPS) is 45.0.